The molecule has 0 unspecified atom stereocenters. The number of benzene rings is 3. The molecule has 6 nitrogen and oxygen atoms in total. The number of rotatable bonds is 6. The van der Waals surface area contributed by atoms with E-state index in [1.165, 1.54) is 54.6 Å². The van der Waals surface area contributed by atoms with Crippen molar-refractivity contribution in [2.75, 3.05) is 10.5 Å². The van der Waals surface area contributed by atoms with Gasteiger partial charge in [-0.3, -0.25) is 9.52 Å². The number of carbonyl (C=O) groups excluding carboxylic acids is 1. The first kappa shape index (κ1) is 19.2. The predicted octanol–water partition coefficient (Wildman–Crippen LogP) is 3.67. The zero-order valence-electron chi connectivity index (χ0n) is 14.7. The number of phenolic OH excluding ortho intramolecular Hbond substituents is 1. The maximum Gasteiger partial charge on any atom is 0.263 e. The van der Waals surface area contributed by atoms with Crippen LogP contribution in [0.5, 0.6) is 5.75 Å². The fourth-order valence-electron chi connectivity index (χ4n) is 2.49. The summed E-state index contributed by atoms with van der Waals surface area (Å²) in [6.07, 6.45) is 3.05. The van der Waals surface area contributed by atoms with Crippen LogP contribution in [-0.4, -0.2) is 19.3 Å². The number of nitrogen functional groups attached to an aromatic ring is 1. The van der Waals surface area contributed by atoms with Crippen molar-refractivity contribution in [1.29, 1.82) is 0 Å². The molecule has 0 aliphatic rings. The molecule has 0 amide bonds. The van der Waals surface area contributed by atoms with Crippen molar-refractivity contribution >= 4 is 33.3 Å². The van der Waals surface area contributed by atoms with Crippen LogP contribution in [0.25, 0.3) is 6.08 Å². The van der Waals surface area contributed by atoms with Gasteiger partial charge in [-0.25, -0.2) is 8.42 Å². The summed E-state index contributed by atoms with van der Waals surface area (Å²) in [6, 6.07) is 18.7. The zero-order chi connectivity index (χ0) is 20.1. The molecule has 0 aliphatic carbocycles. The lowest BCUT2D eigenvalue weighted by Crippen LogP contribution is -2.14. The maximum absolute atomic E-state index is 12.4. The number of nitrogens with two attached hydrogens (primary N) is 1. The van der Waals surface area contributed by atoms with Gasteiger partial charge in [0, 0.05) is 11.3 Å². The average molecular weight is 394 g/mol. The highest BCUT2D eigenvalue weighted by Gasteiger charge is 2.17. The second-order valence-corrected chi connectivity index (χ2v) is 7.66. The summed E-state index contributed by atoms with van der Waals surface area (Å²) < 4.78 is 27.3. The fraction of sp³-hybridized carbons (Fsp3) is 0. The van der Waals surface area contributed by atoms with Gasteiger partial charge in [-0.1, -0.05) is 30.3 Å². The highest BCUT2D eigenvalue weighted by atomic mass is 32.2. The first-order chi connectivity index (χ1) is 13.3. The first-order valence-corrected chi connectivity index (χ1v) is 9.82. The highest BCUT2D eigenvalue weighted by molar-refractivity contribution is 7.92. The van der Waals surface area contributed by atoms with E-state index in [1.54, 1.807) is 30.3 Å². The Labute approximate surface area is 163 Å². The van der Waals surface area contributed by atoms with Gasteiger partial charge in [0.2, 0.25) is 0 Å². The molecule has 0 atom stereocenters. The topological polar surface area (TPSA) is 109 Å². The molecule has 0 saturated carbocycles. The lowest BCUT2D eigenvalue weighted by molar-refractivity contribution is 0.104. The standard InChI is InChI=1S/C21H18N2O4S/c22-19-3-1-2-4-21(19)28(26,27)23-17-10-8-16(9-11-17)20(25)14-7-15-5-12-18(24)13-6-15/h1-14,23-24H,22H2/b14-7+. The third-order valence-electron chi connectivity index (χ3n) is 3.95. The number of carbonyl (C=O) groups is 1. The number of allylic oxidation sites excluding steroid dienone is 1. The number of nitrogens with one attached hydrogen (secondary N) is 1. The third kappa shape index (κ3) is 4.57. The number of sulfonamides is 1. The van der Waals surface area contributed by atoms with E-state index in [0.29, 0.717) is 11.3 Å². The molecule has 7 heteroatoms. The first-order valence-electron chi connectivity index (χ1n) is 8.34. The summed E-state index contributed by atoms with van der Waals surface area (Å²) in [5.41, 5.74) is 7.39. The molecule has 0 radical (unpaired) electrons. The summed E-state index contributed by atoms with van der Waals surface area (Å²) in [6.45, 7) is 0. The van der Waals surface area contributed by atoms with Gasteiger partial charge in [0.05, 0.1) is 5.69 Å². The van der Waals surface area contributed by atoms with E-state index in [9.17, 15) is 18.3 Å². The molecule has 0 spiro atoms. The Hall–Kier alpha value is -3.58. The largest absolute Gasteiger partial charge is 0.508 e. The van der Waals surface area contributed by atoms with Crippen LogP contribution in [0.1, 0.15) is 15.9 Å². The highest BCUT2D eigenvalue weighted by Crippen LogP contribution is 2.21. The SMILES string of the molecule is Nc1ccccc1S(=O)(=O)Nc1ccc(C(=O)/C=C/c2ccc(O)cc2)cc1. The van der Waals surface area contributed by atoms with E-state index in [0.717, 1.165) is 5.56 Å². The van der Waals surface area contributed by atoms with Crippen molar-refractivity contribution in [2.45, 2.75) is 4.90 Å². The summed E-state index contributed by atoms with van der Waals surface area (Å²) in [5.74, 6) is -0.0754. The maximum atomic E-state index is 12.4. The van der Waals surface area contributed by atoms with E-state index >= 15 is 0 Å². The minimum absolute atomic E-state index is 0.00742. The van der Waals surface area contributed by atoms with Crippen molar-refractivity contribution in [2.24, 2.45) is 0 Å². The molecule has 0 heterocycles. The Morgan fingerprint density at radius 3 is 2.21 bits per heavy atom. The smallest absolute Gasteiger partial charge is 0.263 e. The van der Waals surface area contributed by atoms with Crippen molar-refractivity contribution < 1.29 is 18.3 Å². The van der Waals surface area contributed by atoms with Gasteiger partial charge < -0.3 is 10.8 Å². The lowest BCUT2D eigenvalue weighted by Gasteiger charge is -2.10. The van der Waals surface area contributed by atoms with E-state index in [4.69, 9.17) is 5.73 Å². The summed E-state index contributed by atoms with van der Waals surface area (Å²) in [5, 5.41) is 9.26. The molecule has 0 aromatic heterocycles. The number of hydrogen-bond donors (Lipinski definition) is 3. The molecule has 142 valence electrons. The van der Waals surface area contributed by atoms with Crippen LogP contribution in [0.3, 0.4) is 0 Å². The van der Waals surface area contributed by atoms with Crippen LogP contribution in [0, 0.1) is 0 Å². The minimum Gasteiger partial charge on any atom is -0.508 e. The summed E-state index contributed by atoms with van der Waals surface area (Å²) in [4.78, 5) is 12.2. The quantitative estimate of drug-likeness (QED) is 0.336. The molecular formula is C21H18N2O4S. The second kappa shape index (κ2) is 7.98. The number of hydrogen-bond acceptors (Lipinski definition) is 5. The van der Waals surface area contributed by atoms with Gasteiger partial charge in [-0.15, -0.1) is 0 Å². The monoisotopic (exact) mass is 394 g/mol. The summed E-state index contributed by atoms with van der Waals surface area (Å²) >= 11 is 0. The zero-order valence-corrected chi connectivity index (χ0v) is 15.6. The van der Waals surface area contributed by atoms with E-state index < -0.39 is 10.0 Å². The average Bonchev–Trinajstić information content (AvgIpc) is 2.68. The molecule has 4 N–H and O–H groups in total. The Morgan fingerprint density at radius 2 is 1.57 bits per heavy atom. The van der Waals surface area contributed by atoms with Gasteiger partial charge in [0.25, 0.3) is 10.0 Å². The molecular weight excluding hydrogens is 376 g/mol. The molecule has 0 aliphatic heterocycles. The molecule has 3 aromatic rings. The van der Waals surface area contributed by atoms with E-state index in [-0.39, 0.29) is 22.1 Å². The van der Waals surface area contributed by atoms with Gasteiger partial charge in [0.15, 0.2) is 5.78 Å². The molecule has 0 bridgehead atoms. The van der Waals surface area contributed by atoms with E-state index in [1.807, 2.05) is 0 Å². The number of phenols is 1. The number of anilines is 2. The van der Waals surface area contributed by atoms with Gasteiger partial charge >= 0.3 is 0 Å². The normalized spacial score (nSPS) is 11.4. The number of para-hydroxylation sites is 1. The molecule has 3 aromatic carbocycles. The molecule has 0 fully saturated rings. The molecule has 28 heavy (non-hydrogen) atoms. The number of ketones is 1. The van der Waals surface area contributed by atoms with Crippen molar-refractivity contribution in [3.05, 3.63) is 90.0 Å². The van der Waals surface area contributed by atoms with Crippen LogP contribution in [0.2, 0.25) is 0 Å². The minimum atomic E-state index is -3.82. The van der Waals surface area contributed by atoms with Crippen LogP contribution < -0.4 is 10.5 Å². The number of aromatic hydroxyl groups is 1. The Kier molecular flexibility index (Phi) is 5.47. The Bertz CT molecular complexity index is 1120. The Balaban J connectivity index is 1.72. The van der Waals surface area contributed by atoms with Gasteiger partial charge in [-0.05, 0) is 60.2 Å². The van der Waals surface area contributed by atoms with Crippen LogP contribution in [-0.2, 0) is 10.0 Å². The summed E-state index contributed by atoms with van der Waals surface area (Å²) in [7, 11) is -3.82. The van der Waals surface area contributed by atoms with Gasteiger partial charge in [-0.2, -0.15) is 0 Å². The van der Waals surface area contributed by atoms with Crippen LogP contribution in [0.15, 0.2) is 83.8 Å². The van der Waals surface area contributed by atoms with Crippen molar-refractivity contribution in [3.8, 4) is 5.75 Å². The van der Waals surface area contributed by atoms with Crippen molar-refractivity contribution in [3.63, 3.8) is 0 Å². The van der Waals surface area contributed by atoms with Crippen molar-refractivity contribution in [1.82, 2.24) is 0 Å². The molecule has 0 saturated heterocycles. The second-order valence-electron chi connectivity index (χ2n) is 6.01. The third-order valence-corrected chi connectivity index (χ3v) is 5.41. The predicted molar refractivity (Wildman–Crippen MR) is 110 cm³/mol. The van der Waals surface area contributed by atoms with Crippen LogP contribution in [0.4, 0.5) is 11.4 Å². The van der Waals surface area contributed by atoms with Crippen LogP contribution >= 0.6 is 0 Å². The fourth-order valence-corrected chi connectivity index (χ4v) is 3.68. The Morgan fingerprint density at radius 1 is 0.929 bits per heavy atom. The van der Waals surface area contributed by atoms with E-state index in [2.05, 4.69) is 4.72 Å². The van der Waals surface area contributed by atoms with Gasteiger partial charge in [0.1, 0.15) is 10.6 Å². The lowest BCUT2D eigenvalue weighted by atomic mass is 10.1. The molecule has 3 rings (SSSR count).